The Morgan fingerprint density at radius 3 is 2.75 bits per heavy atom. The standard InChI is InChI=1S/C29H34N6O/c1-3-24(15-22-9-5-4-6-10-22)29(36)34-14-8-12-25(20-34)26-16-27(31-19-23-11-7-13-30-18-23)35-28(33-26)21(2)17-32-35/h4-7,9-11,13,16-18,24-25,31H,3,8,12,14-15,19-20H2,1-2H3. The summed E-state index contributed by atoms with van der Waals surface area (Å²) in [7, 11) is 0. The van der Waals surface area contributed by atoms with Gasteiger partial charge in [-0.25, -0.2) is 4.98 Å². The lowest BCUT2D eigenvalue weighted by molar-refractivity contribution is -0.136. The number of hydrogen-bond donors (Lipinski definition) is 1. The maximum absolute atomic E-state index is 13.5. The number of nitrogens with one attached hydrogen (secondary N) is 1. The van der Waals surface area contributed by atoms with Gasteiger partial charge in [0.05, 0.1) is 11.9 Å². The van der Waals surface area contributed by atoms with Gasteiger partial charge in [0.15, 0.2) is 5.65 Å². The SMILES string of the molecule is CCC(Cc1ccccc1)C(=O)N1CCCC(c2cc(NCc3cccnc3)n3ncc(C)c3n2)C1. The zero-order chi connectivity index (χ0) is 24.9. The smallest absolute Gasteiger partial charge is 0.226 e. The first-order valence-corrected chi connectivity index (χ1v) is 12.9. The molecule has 36 heavy (non-hydrogen) atoms. The highest BCUT2D eigenvalue weighted by Crippen LogP contribution is 2.30. The monoisotopic (exact) mass is 482 g/mol. The zero-order valence-electron chi connectivity index (χ0n) is 21.1. The summed E-state index contributed by atoms with van der Waals surface area (Å²) in [6.45, 7) is 6.34. The molecule has 5 rings (SSSR count). The number of anilines is 1. The number of amides is 1. The molecular weight excluding hydrogens is 448 g/mol. The number of piperidine rings is 1. The molecule has 4 aromatic rings. The quantitative estimate of drug-likeness (QED) is 0.382. The predicted octanol–water partition coefficient (Wildman–Crippen LogP) is 5.02. The van der Waals surface area contributed by atoms with Gasteiger partial charge in [-0.1, -0.05) is 43.3 Å². The van der Waals surface area contributed by atoms with Crippen molar-refractivity contribution >= 4 is 17.4 Å². The Bertz CT molecular complexity index is 1300. The number of likely N-dealkylation sites (tertiary alicyclic amines) is 1. The highest BCUT2D eigenvalue weighted by Gasteiger charge is 2.30. The number of carbonyl (C=O) groups is 1. The van der Waals surface area contributed by atoms with Crippen molar-refractivity contribution in [3.8, 4) is 0 Å². The molecule has 0 saturated carbocycles. The molecule has 0 aliphatic carbocycles. The van der Waals surface area contributed by atoms with E-state index in [1.807, 2.05) is 48.1 Å². The number of benzene rings is 1. The van der Waals surface area contributed by atoms with Crippen LogP contribution in [-0.2, 0) is 17.8 Å². The van der Waals surface area contributed by atoms with Crippen molar-refractivity contribution in [2.24, 2.45) is 5.92 Å². The minimum atomic E-state index is 0.00960. The molecule has 1 aliphatic heterocycles. The van der Waals surface area contributed by atoms with E-state index in [1.165, 1.54) is 5.56 Å². The van der Waals surface area contributed by atoms with Crippen LogP contribution in [0.3, 0.4) is 0 Å². The third kappa shape index (κ3) is 5.25. The molecule has 1 fully saturated rings. The number of rotatable bonds is 8. The van der Waals surface area contributed by atoms with Crippen LogP contribution < -0.4 is 5.32 Å². The van der Waals surface area contributed by atoms with Gasteiger partial charge in [-0.15, -0.1) is 0 Å². The van der Waals surface area contributed by atoms with Gasteiger partial charge in [0.25, 0.3) is 0 Å². The van der Waals surface area contributed by atoms with Crippen LogP contribution in [0.25, 0.3) is 5.65 Å². The van der Waals surface area contributed by atoms with E-state index < -0.39 is 0 Å². The summed E-state index contributed by atoms with van der Waals surface area (Å²) in [5.74, 6) is 1.39. The summed E-state index contributed by atoms with van der Waals surface area (Å²) in [4.78, 5) is 24.8. The van der Waals surface area contributed by atoms with Gasteiger partial charge in [0.2, 0.25) is 5.91 Å². The lowest BCUT2D eigenvalue weighted by Crippen LogP contribution is -2.43. The zero-order valence-corrected chi connectivity index (χ0v) is 21.1. The van der Waals surface area contributed by atoms with Crippen LogP contribution >= 0.6 is 0 Å². The summed E-state index contributed by atoms with van der Waals surface area (Å²) in [5, 5.41) is 8.07. The first-order valence-electron chi connectivity index (χ1n) is 12.9. The Kier molecular flexibility index (Phi) is 7.26. The van der Waals surface area contributed by atoms with Gasteiger partial charge < -0.3 is 10.2 Å². The number of aryl methyl sites for hydroxylation is 1. The van der Waals surface area contributed by atoms with E-state index in [9.17, 15) is 4.79 Å². The topological polar surface area (TPSA) is 75.4 Å². The van der Waals surface area contributed by atoms with E-state index in [0.717, 1.165) is 60.5 Å². The van der Waals surface area contributed by atoms with Crippen molar-refractivity contribution in [1.29, 1.82) is 0 Å². The van der Waals surface area contributed by atoms with E-state index in [0.29, 0.717) is 13.1 Å². The maximum Gasteiger partial charge on any atom is 0.226 e. The molecule has 1 saturated heterocycles. The van der Waals surface area contributed by atoms with Crippen molar-refractivity contribution in [2.45, 2.75) is 52.0 Å². The second kappa shape index (κ2) is 10.9. The number of hydrogen-bond acceptors (Lipinski definition) is 5. The van der Waals surface area contributed by atoms with Crippen molar-refractivity contribution in [2.75, 3.05) is 18.4 Å². The van der Waals surface area contributed by atoms with E-state index in [-0.39, 0.29) is 17.7 Å². The van der Waals surface area contributed by atoms with Gasteiger partial charge >= 0.3 is 0 Å². The van der Waals surface area contributed by atoms with Crippen LogP contribution in [-0.4, -0.2) is 43.5 Å². The molecule has 1 aromatic carbocycles. The molecule has 7 nitrogen and oxygen atoms in total. The first kappa shape index (κ1) is 24.0. The third-order valence-corrected chi connectivity index (χ3v) is 7.18. The Labute approximate surface area is 212 Å². The van der Waals surface area contributed by atoms with Crippen molar-refractivity contribution in [3.63, 3.8) is 0 Å². The van der Waals surface area contributed by atoms with Gasteiger partial charge in [0.1, 0.15) is 5.82 Å². The van der Waals surface area contributed by atoms with Crippen LogP contribution in [0.2, 0.25) is 0 Å². The molecule has 3 aromatic heterocycles. The normalized spacial score (nSPS) is 16.7. The van der Waals surface area contributed by atoms with Crippen LogP contribution in [0.4, 0.5) is 5.82 Å². The molecule has 7 heteroatoms. The Morgan fingerprint density at radius 1 is 1.14 bits per heavy atom. The fraction of sp³-hybridized carbons (Fsp3) is 0.379. The number of aromatic nitrogens is 4. The second-order valence-electron chi connectivity index (χ2n) is 9.76. The van der Waals surface area contributed by atoms with E-state index >= 15 is 0 Å². The second-order valence-corrected chi connectivity index (χ2v) is 9.76. The average molecular weight is 483 g/mol. The molecule has 1 aliphatic rings. The Morgan fingerprint density at radius 2 is 1.97 bits per heavy atom. The molecule has 2 unspecified atom stereocenters. The summed E-state index contributed by atoms with van der Waals surface area (Å²) in [5.41, 5.74) is 5.25. The van der Waals surface area contributed by atoms with Crippen LogP contribution in [0.15, 0.2) is 67.1 Å². The van der Waals surface area contributed by atoms with Crippen LogP contribution in [0, 0.1) is 12.8 Å². The number of nitrogens with zero attached hydrogens (tertiary/aromatic N) is 5. The fourth-order valence-corrected chi connectivity index (χ4v) is 5.10. The lowest BCUT2D eigenvalue weighted by Gasteiger charge is -2.35. The molecule has 0 radical (unpaired) electrons. The van der Waals surface area contributed by atoms with E-state index in [2.05, 4.69) is 51.5 Å². The summed E-state index contributed by atoms with van der Waals surface area (Å²) >= 11 is 0. The van der Waals surface area contributed by atoms with Gasteiger partial charge in [-0.3, -0.25) is 9.78 Å². The van der Waals surface area contributed by atoms with Gasteiger partial charge in [-0.2, -0.15) is 9.61 Å². The van der Waals surface area contributed by atoms with Crippen molar-refractivity contribution in [1.82, 2.24) is 24.5 Å². The summed E-state index contributed by atoms with van der Waals surface area (Å²) < 4.78 is 1.87. The number of pyridine rings is 1. The lowest BCUT2D eigenvalue weighted by atomic mass is 9.91. The summed E-state index contributed by atoms with van der Waals surface area (Å²) in [6, 6.07) is 16.4. The number of carbonyl (C=O) groups excluding carboxylic acids is 1. The number of fused-ring (bicyclic) bond motifs is 1. The van der Waals surface area contributed by atoms with E-state index in [1.54, 1.807) is 6.20 Å². The largest absolute Gasteiger partial charge is 0.366 e. The highest BCUT2D eigenvalue weighted by atomic mass is 16.2. The van der Waals surface area contributed by atoms with Crippen LogP contribution in [0.1, 0.15) is 54.5 Å². The third-order valence-electron chi connectivity index (χ3n) is 7.18. The van der Waals surface area contributed by atoms with Gasteiger partial charge in [0, 0.05) is 55.5 Å². The van der Waals surface area contributed by atoms with Crippen LogP contribution in [0.5, 0.6) is 0 Å². The molecular formula is C29H34N6O. The molecule has 0 bridgehead atoms. The van der Waals surface area contributed by atoms with E-state index in [4.69, 9.17) is 4.98 Å². The summed E-state index contributed by atoms with van der Waals surface area (Å²) in [6.07, 6.45) is 9.15. The predicted molar refractivity (Wildman–Crippen MR) is 142 cm³/mol. The average Bonchev–Trinajstić information content (AvgIpc) is 3.31. The molecule has 4 heterocycles. The molecule has 0 spiro atoms. The molecule has 1 N–H and O–H groups in total. The highest BCUT2D eigenvalue weighted by molar-refractivity contribution is 5.79. The first-order chi connectivity index (χ1) is 17.6. The molecule has 1 amide bonds. The van der Waals surface area contributed by atoms with Crippen molar-refractivity contribution in [3.05, 3.63) is 89.5 Å². The maximum atomic E-state index is 13.5. The Hall–Kier alpha value is -3.74. The fourth-order valence-electron chi connectivity index (χ4n) is 5.10. The molecule has 186 valence electrons. The minimum absolute atomic E-state index is 0.00960. The van der Waals surface area contributed by atoms with Gasteiger partial charge in [-0.05, 0) is 49.8 Å². The minimum Gasteiger partial charge on any atom is -0.366 e. The Balaban J connectivity index is 1.35. The molecule has 2 atom stereocenters. The van der Waals surface area contributed by atoms with Crippen molar-refractivity contribution < 1.29 is 4.79 Å².